The van der Waals surface area contributed by atoms with Gasteiger partial charge in [-0.15, -0.1) is 11.3 Å². The average Bonchev–Trinajstić information content (AvgIpc) is 2.95. The molecule has 6 nitrogen and oxygen atoms in total. The topological polar surface area (TPSA) is 79.4 Å². The van der Waals surface area contributed by atoms with Gasteiger partial charge in [0.1, 0.15) is 5.01 Å². The largest absolute Gasteiger partial charge is 0.349 e. The van der Waals surface area contributed by atoms with E-state index in [1.165, 1.54) is 10.6 Å². The van der Waals surface area contributed by atoms with Crippen LogP contribution in [0.5, 0.6) is 0 Å². The standard InChI is InChI=1S/C15H19N3O3S2/c1-23(20,21)18-8-4-5-11(10-18)15(19)16-9-14-17-12-6-2-3-7-13(12)22-14/h2-3,6-7,11H,4-5,8-10H2,1H3,(H,16,19). The van der Waals surface area contributed by atoms with Crippen LogP contribution in [0.1, 0.15) is 17.8 Å². The number of benzene rings is 1. The van der Waals surface area contributed by atoms with Crippen LogP contribution in [-0.4, -0.2) is 43.0 Å². The number of para-hydroxylation sites is 1. The molecule has 23 heavy (non-hydrogen) atoms. The summed E-state index contributed by atoms with van der Waals surface area (Å²) in [6.45, 7) is 1.15. The summed E-state index contributed by atoms with van der Waals surface area (Å²) in [6.07, 6.45) is 2.62. The van der Waals surface area contributed by atoms with E-state index in [1.807, 2.05) is 24.3 Å². The van der Waals surface area contributed by atoms with Gasteiger partial charge in [-0.25, -0.2) is 17.7 Å². The number of carbonyl (C=O) groups excluding carboxylic acids is 1. The monoisotopic (exact) mass is 353 g/mol. The lowest BCUT2D eigenvalue weighted by atomic mass is 9.99. The number of hydrogen-bond donors (Lipinski definition) is 1. The van der Waals surface area contributed by atoms with E-state index in [1.54, 1.807) is 11.3 Å². The first-order valence-corrected chi connectivity index (χ1v) is 10.2. The smallest absolute Gasteiger partial charge is 0.224 e. The lowest BCUT2D eigenvalue weighted by Gasteiger charge is -2.30. The highest BCUT2D eigenvalue weighted by molar-refractivity contribution is 7.88. The minimum Gasteiger partial charge on any atom is -0.349 e. The van der Waals surface area contributed by atoms with Gasteiger partial charge in [0.15, 0.2) is 0 Å². The molecule has 1 fully saturated rings. The zero-order valence-electron chi connectivity index (χ0n) is 12.9. The van der Waals surface area contributed by atoms with E-state index < -0.39 is 10.0 Å². The van der Waals surface area contributed by atoms with E-state index >= 15 is 0 Å². The highest BCUT2D eigenvalue weighted by atomic mass is 32.2. The van der Waals surface area contributed by atoms with Crippen molar-refractivity contribution >= 4 is 37.5 Å². The maximum atomic E-state index is 12.3. The Morgan fingerprint density at radius 2 is 2.22 bits per heavy atom. The number of carbonyl (C=O) groups is 1. The summed E-state index contributed by atoms with van der Waals surface area (Å²) < 4.78 is 25.7. The fourth-order valence-corrected chi connectivity index (χ4v) is 4.58. The van der Waals surface area contributed by atoms with Crippen molar-refractivity contribution in [3.63, 3.8) is 0 Å². The molecule has 1 N–H and O–H groups in total. The second-order valence-electron chi connectivity index (χ2n) is 5.75. The molecule has 1 amide bonds. The molecular formula is C15H19N3O3S2. The van der Waals surface area contributed by atoms with Gasteiger partial charge in [-0.3, -0.25) is 4.79 Å². The number of thiazole rings is 1. The molecule has 2 heterocycles. The van der Waals surface area contributed by atoms with Crippen molar-refractivity contribution in [1.29, 1.82) is 0 Å². The van der Waals surface area contributed by atoms with Crippen LogP contribution in [0.25, 0.3) is 10.2 Å². The van der Waals surface area contributed by atoms with E-state index in [2.05, 4.69) is 10.3 Å². The maximum Gasteiger partial charge on any atom is 0.224 e. The van der Waals surface area contributed by atoms with Crippen LogP contribution in [0.4, 0.5) is 0 Å². The van der Waals surface area contributed by atoms with E-state index in [-0.39, 0.29) is 18.4 Å². The Kier molecular flexibility index (Phi) is 4.65. The Hall–Kier alpha value is -1.51. The van der Waals surface area contributed by atoms with Crippen molar-refractivity contribution in [3.8, 4) is 0 Å². The van der Waals surface area contributed by atoms with Gasteiger partial charge in [-0.05, 0) is 25.0 Å². The molecule has 2 aromatic rings. The van der Waals surface area contributed by atoms with Gasteiger partial charge in [0, 0.05) is 13.1 Å². The number of aromatic nitrogens is 1. The predicted molar refractivity (Wildman–Crippen MR) is 90.6 cm³/mol. The SMILES string of the molecule is CS(=O)(=O)N1CCCC(C(=O)NCc2nc3ccccc3s2)C1. The Bertz CT molecular complexity index is 783. The first kappa shape index (κ1) is 16.4. The molecule has 1 aromatic carbocycles. The lowest BCUT2D eigenvalue weighted by Crippen LogP contribution is -2.44. The summed E-state index contributed by atoms with van der Waals surface area (Å²) in [5.41, 5.74) is 0.933. The first-order chi connectivity index (χ1) is 10.9. The molecule has 3 rings (SSSR count). The first-order valence-electron chi connectivity index (χ1n) is 7.51. The number of rotatable bonds is 4. The van der Waals surface area contributed by atoms with Gasteiger partial charge in [0.05, 0.1) is 28.9 Å². The third-order valence-corrected chi connectivity index (χ3v) is 6.28. The highest BCUT2D eigenvalue weighted by Gasteiger charge is 2.30. The van der Waals surface area contributed by atoms with Crippen LogP contribution in [0, 0.1) is 5.92 Å². The number of nitrogens with one attached hydrogen (secondary N) is 1. The zero-order valence-corrected chi connectivity index (χ0v) is 14.5. The highest BCUT2D eigenvalue weighted by Crippen LogP contribution is 2.22. The Balaban J connectivity index is 1.60. The average molecular weight is 353 g/mol. The Labute approximate surface area is 139 Å². The molecule has 1 saturated heterocycles. The predicted octanol–water partition coefficient (Wildman–Crippen LogP) is 1.58. The van der Waals surface area contributed by atoms with Crippen molar-refractivity contribution in [1.82, 2.24) is 14.6 Å². The summed E-state index contributed by atoms with van der Waals surface area (Å²) in [5, 5.41) is 3.75. The summed E-state index contributed by atoms with van der Waals surface area (Å²) >= 11 is 1.56. The molecule has 124 valence electrons. The van der Waals surface area contributed by atoms with E-state index in [0.717, 1.165) is 21.6 Å². The maximum absolute atomic E-state index is 12.3. The van der Waals surface area contributed by atoms with Gasteiger partial charge in [0.25, 0.3) is 0 Å². The molecule has 0 aliphatic carbocycles. The summed E-state index contributed by atoms with van der Waals surface area (Å²) in [7, 11) is -3.23. The molecule has 1 aliphatic heterocycles. The minimum atomic E-state index is -3.23. The normalized spacial score (nSPS) is 19.8. The lowest BCUT2D eigenvalue weighted by molar-refractivity contribution is -0.126. The molecular weight excluding hydrogens is 334 g/mol. The number of nitrogens with zero attached hydrogens (tertiary/aromatic N) is 2. The van der Waals surface area contributed by atoms with Gasteiger partial charge in [-0.2, -0.15) is 0 Å². The number of fused-ring (bicyclic) bond motifs is 1. The molecule has 1 aromatic heterocycles. The molecule has 0 radical (unpaired) electrons. The summed E-state index contributed by atoms with van der Waals surface area (Å²) in [5.74, 6) is -0.384. The quantitative estimate of drug-likeness (QED) is 0.905. The van der Waals surface area contributed by atoms with Gasteiger partial charge < -0.3 is 5.32 Å². The summed E-state index contributed by atoms with van der Waals surface area (Å²) in [6, 6.07) is 7.85. The van der Waals surface area contributed by atoms with Crippen LogP contribution >= 0.6 is 11.3 Å². The van der Waals surface area contributed by atoms with Gasteiger partial charge >= 0.3 is 0 Å². The van der Waals surface area contributed by atoms with Crippen molar-refractivity contribution in [2.45, 2.75) is 19.4 Å². The molecule has 1 atom stereocenters. The summed E-state index contributed by atoms with van der Waals surface area (Å²) in [4.78, 5) is 16.8. The van der Waals surface area contributed by atoms with Crippen molar-refractivity contribution in [2.75, 3.05) is 19.3 Å². The Morgan fingerprint density at radius 1 is 1.43 bits per heavy atom. The third kappa shape index (κ3) is 3.88. The van der Waals surface area contributed by atoms with Gasteiger partial charge in [0.2, 0.25) is 15.9 Å². The fraction of sp³-hybridized carbons (Fsp3) is 0.467. The van der Waals surface area contributed by atoms with Crippen molar-refractivity contribution in [2.24, 2.45) is 5.92 Å². The van der Waals surface area contributed by atoms with Crippen LogP contribution in [0.3, 0.4) is 0 Å². The van der Waals surface area contributed by atoms with Crippen LogP contribution in [0.2, 0.25) is 0 Å². The van der Waals surface area contributed by atoms with Crippen LogP contribution < -0.4 is 5.32 Å². The molecule has 0 bridgehead atoms. The van der Waals surface area contributed by atoms with E-state index in [0.29, 0.717) is 19.5 Å². The number of piperidine rings is 1. The molecule has 8 heteroatoms. The van der Waals surface area contributed by atoms with E-state index in [4.69, 9.17) is 0 Å². The second kappa shape index (κ2) is 6.54. The third-order valence-electron chi connectivity index (χ3n) is 3.98. The van der Waals surface area contributed by atoms with Crippen molar-refractivity contribution < 1.29 is 13.2 Å². The zero-order chi connectivity index (χ0) is 16.4. The van der Waals surface area contributed by atoms with Crippen LogP contribution in [-0.2, 0) is 21.4 Å². The number of amides is 1. The van der Waals surface area contributed by atoms with Crippen LogP contribution in [0.15, 0.2) is 24.3 Å². The Morgan fingerprint density at radius 3 is 2.96 bits per heavy atom. The molecule has 0 spiro atoms. The molecule has 1 aliphatic rings. The van der Waals surface area contributed by atoms with Crippen molar-refractivity contribution in [3.05, 3.63) is 29.3 Å². The van der Waals surface area contributed by atoms with Gasteiger partial charge in [-0.1, -0.05) is 12.1 Å². The second-order valence-corrected chi connectivity index (χ2v) is 8.85. The molecule has 0 saturated carbocycles. The number of sulfonamides is 1. The number of hydrogen-bond acceptors (Lipinski definition) is 5. The minimum absolute atomic E-state index is 0.0994. The van der Waals surface area contributed by atoms with E-state index in [9.17, 15) is 13.2 Å². The fourth-order valence-electron chi connectivity index (χ4n) is 2.76. The molecule has 1 unspecified atom stereocenters.